The first-order valence-corrected chi connectivity index (χ1v) is 7.98. The zero-order valence-corrected chi connectivity index (χ0v) is 13.7. The molecule has 3 rings (SSSR count). The maximum atomic E-state index is 12.7. The summed E-state index contributed by atoms with van der Waals surface area (Å²) in [4.78, 5) is 21.0. The second-order valence-electron chi connectivity index (χ2n) is 6.89. The summed E-state index contributed by atoms with van der Waals surface area (Å²) in [6, 6.07) is 2.47. The largest absolute Gasteiger partial charge is 0.494 e. The van der Waals surface area contributed by atoms with Gasteiger partial charge in [0, 0.05) is 25.3 Å². The van der Waals surface area contributed by atoms with Gasteiger partial charge in [0.2, 0.25) is 0 Å². The highest BCUT2D eigenvalue weighted by Crippen LogP contribution is 2.50. The van der Waals surface area contributed by atoms with Crippen molar-refractivity contribution in [2.75, 3.05) is 34.3 Å². The van der Waals surface area contributed by atoms with Crippen molar-refractivity contribution in [2.45, 2.75) is 31.7 Å². The minimum atomic E-state index is 0.0672. The van der Waals surface area contributed by atoms with Gasteiger partial charge in [0.15, 0.2) is 0 Å². The number of hydrogen-bond acceptors (Lipinski definition) is 4. The normalized spacial score (nSPS) is 21.0. The van der Waals surface area contributed by atoms with Crippen LogP contribution in [0.4, 0.5) is 0 Å². The molecular formula is C17H25N3O2. The number of rotatable bonds is 3. The molecule has 22 heavy (non-hydrogen) atoms. The summed E-state index contributed by atoms with van der Waals surface area (Å²) in [5, 5.41) is 0. The lowest BCUT2D eigenvalue weighted by Gasteiger charge is -2.54. The summed E-state index contributed by atoms with van der Waals surface area (Å²) >= 11 is 0. The Bertz CT molecular complexity index is 543. The van der Waals surface area contributed by atoms with Crippen LogP contribution in [-0.4, -0.2) is 61.0 Å². The van der Waals surface area contributed by atoms with Crippen LogP contribution in [0, 0.1) is 5.41 Å². The summed E-state index contributed by atoms with van der Waals surface area (Å²) in [6.07, 6.45) is 8.05. The number of ether oxygens (including phenoxy) is 1. The molecule has 1 aromatic heterocycles. The molecule has 1 aliphatic carbocycles. The molecule has 0 bridgehead atoms. The summed E-state index contributed by atoms with van der Waals surface area (Å²) in [6.45, 7) is 1.70. The quantitative estimate of drug-likeness (QED) is 0.857. The van der Waals surface area contributed by atoms with Crippen molar-refractivity contribution in [3.8, 4) is 5.75 Å². The van der Waals surface area contributed by atoms with Gasteiger partial charge in [-0.3, -0.25) is 9.78 Å². The standard InChI is InChI=1S/C17H25N3O2/c1-19(2)13-10-17(11-13)5-8-20(9-6-17)16(21)14-4-7-18-12-15(14)22-3/h4,7,12-13H,5-6,8-11H2,1-3H3. The van der Waals surface area contributed by atoms with Crippen LogP contribution in [0.25, 0.3) is 0 Å². The van der Waals surface area contributed by atoms with E-state index in [1.165, 1.54) is 12.8 Å². The molecule has 2 aliphatic rings. The van der Waals surface area contributed by atoms with Crippen LogP contribution in [0.5, 0.6) is 5.75 Å². The molecule has 1 amide bonds. The molecule has 1 aliphatic heterocycles. The number of likely N-dealkylation sites (tertiary alicyclic amines) is 1. The molecule has 2 fully saturated rings. The molecule has 0 radical (unpaired) electrons. The lowest BCUT2D eigenvalue weighted by atomic mass is 9.60. The third-order valence-corrected chi connectivity index (χ3v) is 5.41. The number of amides is 1. The van der Waals surface area contributed by atoms with Gasteiger partial charge in [0.25, 0.3) is 5.91 Å². The van der Waals surface area contributed by atoms with E-state index >= 15 is 0 Å². The number of nitrogens with zero attached hydrogens (tertiary/aromatic N) is 3. The number of aromatic nitrogens is 1. The van der Waals surface area contributed by atoms with E-state index in [1.54, 1.807) is 25.6 Å². The third kappa shape index (κ3) is 2.70. The Labute approximate surface area is 132 Å². The summed E-state index contributed by atoms with van der Waals surface area (Å²) in [7, 11) is 5.90. The van der Waals surface area contributed by atoms with Crippen LogP contribution in [0.15, 0.2) is 18.5 Å². The van der Waals surface area contributed by atoms with Crippen LogP contribution in [0.2, 0.25) is 0 Å². The van der Waals surface area contributed by atoms with Gasteiger partial charge in [-0.25, -0.2) is 0 Å². The molecule has 1 aromatic rings. The first kappa shape index (κ1) is 15.3. The summed E-state index contributed by atoms with van der Waals surface area (Å²) in [5.41, 5.74) is 1.10. The summed E-state index contributed by atoms with van der Waals surface area (Å²) < 4.78 is 5.26. The van der Waals surface area contributed by atoms with Gasteiger partial charge >= 0.3 is 0 Å². The van der Waals surface area contributed by atoms with Crippen molar-refractivity contribution in [2.24, 2.45) is 5.41 Å². The highest BCUT2D eigenvalue weighted by molar-refractivity contribution is 5.96. The first-order chi connectivity index (χ1) is 10.5. The van der Waals surface area contributed by atoms with Crippen molar-refractivity contribution in [1.29, 1.82) is 0 Å². The number of carbonyl (C=O) groups excluding carboxylic acids is 1. The molecule has 5 heteroatoms. The lowest BCUT2D eigenvalue weighted by molar-refractivity contribution is -0.0232. The average Bonchev–Trinajstić information content (AvgIpc) is 2.51. The third-order valence-electron chi connectivity index (χ3n) is 5.41. The smallest absolute Gasteiger partial charge is 0.257 e. The molecule has 120 valence electrons. The SMILES string of the molecule is COc1cnccc1C(=O)N1CCC2(CC1)CC(N(C)C)C2. The number of hydrogen-bond donors (Lipinski definition) is 0. The second-order valence-corrected chi connectivity index (χ2v) is 6.89. The molecular weight excluding hydrogens is 278 g/mol. The van der Waals surface area contributed by atoms with Crippen LogP contribution >= 0.6 is 0 Å². The molecule has 1 saturated carbocycles. The van der Waals surface area contributed by atoms with Crippen molar-refractivity contribution >= 4 is 5.91 Å². The maximum Gasteiger partial charge on any atom is 0.257 e. The van der Waals surface area contributed by atoms with Crippen molar-refractivity contribution in [3.05, 3.63) is 24.0 Å². The predicted octanol–water partition coefficient (Wildman–Crippen LogP) is 2.04. The van der Waals surface area contributed by atoms with E-state index in [0.29, 0.717) is 16.7 Å². The van der Waals surface area contributed by atoms with Crippen LogP contribution in [0.1, 0.15) is 36.0 Å². The second kappa shape index (κ2) is 5.88. The number of pyridine rings is 1. The molecule has 1 saturated heterocycles. The minimum absolute atomic E-state index is 0.0672. The van der Waals surface area contributed by atoms with E-state index in [1.807, 2.05) is 4.90 Å². The van der Waals surface area contributed by atoms with Gasteiger partial charge in [-0.15, -0.1) is 0 Å². The Morgan fingerprint density at radius 3 is 2.64 bits per heavy atom. The zero-order valence-electron chi connectivity index (χ0n) is 13.7. The topological polar surface area (TPSA) is 45.7 Å². The monoisotopic (exact) mass is 303 g/mol. The fraction of sp³-hybridized carbons (Fsp3) is 0.647. The van der Waals surface area contributed by atoms with Crippen LogP contribution < -0.4 is 4.74 Å². The van der Waals surface area contributed by atoms with E-state index in [-0.39, 0.29) is 5.91 Å². The average molecular weight is 303 g/mol. The fourth-order valence-electron chi connectivity index (χ4n) is 3.79. The molecule has 0 unspecified atom stereocenters. The Hall–Kier alpha value is -1.62. The molecule has 2 heterocycles. The van der Waals surface area contributed by atoms with Gasteiger partial charge in [-0.05, 0) is 51.3 Å². The number of carbonyl (C=O) groups is 1. The Kier molecular flexibility index (Phi) is 4.08. The predicted molar refractivity (Wildman–Crippen MR) is 85.1 cm³/mol. The van der Waals surface area contributed by atoms with Crippen LogP contribution in [-0.2, 0) is 0 Å². The van der Waals surface area contributed by atoms with E-state index in [0.717, 1.165) is 32.0 Å². The molecule has 1 spiro atoms. The molecule has 0 atom stereocenters. The van der Waals surface area contributed by atoms with Crippen molar-refractivity contribution in [1.82, 2.24) is 14.8 Å². The highest BCUT2D eigenvalue weighted by atomic mass is 16.5. The van der Waals surface area contributed by atoms with Crippen molar-refractivity contribution < 1.29 is 9.53 Å². The van der Waals surface area contributed by atoms with E-state index in [2.05, 4.69) is 24.0 Å². The first-order valence-electron chi connectivity index (χ1n) is 7.98. The summed E-state index contributed by atoms with van der Waals surface area (Å²) in [5.74, 6) is 0.627. The van der Waals surface area contributed by atoms with E-state index in [9.17, 15) is 4.79 Å². The van der Waals surface area contributed by atoms with E-state index < -0.39 is 0 Å². The fourth-order valence-corrected chi connectivity index (χ4v) is 3.79. The Balaban J connectivity index is 1.61. The number of methoxy groups -OCH3 is 1. The molecule has 5 nitrogen and oxygen atoms in total. The highest BCUT2D eigenvalue weighted by Gasteiger charge is 2.47. The van der Waals surface area contributed by atoms with Gasteiger partial charge < -0.3 is 14.5 Å². The van der Waals surface area contributed by atoms with Gasteiger partial charge in [0.05, 0.1) is 18.9 Å². The zero-order chi connectivity index (χ0) is 15.7. The van der Waals surface area contributed by atoms with Gasteiger partial charge in [-0.1, -0.05) is 0 Å². The Morgan fingerprint density at radius 1 is 1.36 bits per heavy atom. The molecule has 0 N–H and O–H groups in total. The van der Waals surface area contributed by atoms with Crippen molar-refractivity contribution in [3.63, 3.8) is 0 Å². The number of piperidine rings is 1. The maximum absolute atomic E-state index is 12.7. The Morgan fingerprint density at radius 2 is 2.05 bits per heavy atom. The molecule has 0 aromatic carbocycles. The van der Waals surface area contributed by atoms with Gasteiger partial charge in [-0.2, -0.15) is 0 Å². The van der Waals surface area contributed by atoms with Crippen LogP contribution in [0.3, 0.4) is 0 Å². The lowest BCUT2D eigenvalue weighted by Crippen LogP contribution is -2.54. The van der Waals surface area contributed by atoms with E-state index in [4.69, 9.17) is 4.74 Å². The minimum Gasteiger partial charge on any atom is -0.494 e. The van der Waals surface area contributed by atoms with Gasteiger partial charge in [0.1, 0.15) is 5.75 Å².